The van der Waals surface area contributed by atoms with E-state index >= 15 is 0 Å². The molecule has 0 spiro atoms. The molecule has 144 valence electrons. The van der Waals surface area contributed by atoms with E-state index in [1.165, 1.54) is 23.1 Å². The van der Waals surface area contributed by atoms with Crippen molar-refractivity contribution >= 4 is 0 Å². The van der Waals surface area contributed by atoms with Gasteiger partial charge in [-0.05, 0) is 60.4 Å². The van der Waals surface area contributed by atoms with Gasteiger partial charge in [-0.2, -0.15) is 0 Å². The fourth-order valence-electron chi connectivity index (χ4n) is 4.28. The van der Waals surface area contributed by atoms with Crippen LogP contribution in [0.2, 0.25) is 0 Å². The van der Waals surface area contributed by atoms with E-state index in [2.05, 4.69) is 60.7 Å². The SMILES string of the molecule is Fc1ccc(CCC2CCC(C(c3ccccc3)c3ccccc3)OC2)cc1. The highest BCUT2D eigenvalue weighted by Gasteiger charge is 2.30. The van der Waals surface area contributed by atoms with Crippen LogP contribution in [0.15, 0.2) is 84.9 Å². The first-order chi connectivity index (χ1) is 13.8. The summed E-state index contributed by atoms with van der Waals surface area (Å²) in [7, 11) is 0. The maximum Gasteiger partial charge on any atom is 0.123 e. The molecular weight excluding hydrogens is 347 g/mol. The lowest BCUT2D eigenvalue weighted by molar-refractivity contribution is -0.0257. The van der Waals surface area contributed by atoms with Crippen molar-refractivity contribution in [1.29, 1.82) is 0 Å². The van der Waals surface area contributed by atoms with Crippen LogP contribution in [0.4, 0.5) is 4.39 Å². The van der Waals surface area contributed by atoms with Crippen LogP contribution in [-0.4, -0.2) is 12.7 Å². The van der Waals surface area contributed by atoms with E-state index in [4.69, 9.17) is 4.74 Å². The molecule has 28 heavy (non-hydrogen) atoms. The molecule has 0 bridgehead atoms. The molecular formula is C26H27FO. The van der Waals surface area contributed by atoms with Crippen molar-refractivity contribution in [1.82, 2.24) is 0 Å². The molecule has 0 aromatic heterocycles. The number of hydrogen-bond donors (Lipinski definition) is 0. The van der Waals surface area contributed by atoms with Crippen LogP contribution in [0.3, 0.4) is 0 Å². The second-order valence-electron chi connectivity index (χ2n) is 7.78. The standard InChI is InChI=1S/C26H27FO/c27-24-16-13-20(14-17-24)11-12-21-15-18-25(28-19-21)26(22-7-3-1-4-8-22)23-9-5-2-6-10-23/h1-10,13-14,16-17,21,25-26H,11-12,15,18-19H2. The largest absolute Gasteiger partial charge is 0.377 e. The van der Waals surface area contributed by atoms with E-state index in [1.54, 1.807) is 12.1 Å². The predicted octanol–water partition coefficient (Wildman–Crippen LogP) is 6.39. The van der Waals surface area contributed by atoms with Gasteiger partial charge in [-0.25, -0.2) is 4.39 Å². The zero-order chi connectivity index (χ0) is 19.2. The molecule has 0 aliphatic carbocycles. The smallest absolute Gasteiger partial charge is 0.123 e. The van der Waals surface area contributed by atoms with Crippen molar-refractivity contribution in [2.24, 2.45) is 5.92 Å². The third kappa shape index (κ3) is 4.69. The van der Waals surface area contributed by atoms with E-state index in [1.807, 2.05) is 12.1 Å². The van der Waals surface area contributed by atoms with E-state index < -0.39 is 0 Å². The van der Waals surface area contributed by atoms with Crippen LogP contribution in [0.5, 0.6) is 0 Å². The van der Waals surface area contributed by atoms with Crippen molar-refractivity contribution in [2.45, 2.75) is 37.7 Å². The van der Waals surface area contributed by atoms with Crippen LogP contribution >= 0.6 is 0 Å². The van der Waals surface area contributed by atoms with Gasteiger partial charge in [-0.3, -0.25) is 0 Å². The van der Waals surface area contributed by atoms with E-state index in [-0.39, 0.29) is 17.8 Å². The van der Waals surface area contributed by atoms with Gasteiger partial charge < -0.3 is 4.74 Å². The fourth-order valence-corrected chi connectivity index (χ4v) is 4.28. The summed E-state index contributed by atoms with van der Waals surface area (Å²) in [6.07, 6.45) is 4.55. The van der Waals surface area contributed by atoms with Crippen molar-refractivity contribution in [3.8, 4) is 0 Å². The third-order valence-corrected chi connectivity index (χ3v) is 5.85. The molecule has 1 saturated heterocycles. The summed E-state index contributed by atoms with van der Waals surface area (Å²) in [5.41, 5.74) is 3.85. The molecule has 2 unspecified atom stereocenters. The minimum Gasteiger partial charge on any atom is -0.377 e. The Balaban J connectivity index is 1.40. The average molecular weight is 374 g/mol. The van der Waals surface area contributed by atoms with E-state index in [9.17, 15) is 4.39 Å². The molecule has 1 fully saturated rings. The molecule has 0 radical (unpaired) electrons. The molecule has 0 amide bonds. The highest BCUT2D eigenvalue weighted by molar-refractivity contribution is 5.34. The molecule has 4 rings (SSSR count). The van der Waals surface area contributed by atoms with Gasteiger partial charge in [0, 0.05) is 12.5 Å². The Bertz CT molecular complexity index is 797. The first-order valence-corrected chi connectivity index (χ1v) is 10.3. The van der Waals surface area contributed by atoms with Gasteiger partial charge >= 0.3 is 0 Å². The maximum atomic E-state index is 13.1. The zero-order valence-electron chi connectivity index (χ0n) is 16.1. The Hall–Kier alpha value is -2.45. The molecule has 0 N–H and O–H groups in total. The van der Waals surface area contributed by atoms with Crippen molar-refractivity contribution in [3.63, 3.8) is 0 Å². The molecule has 1 nitrogen and oxygen atoms in total. The summed E-state index contributed by atoms with van der Waals surface area (Å²) in [6.45, 7) is 0.808. The van der Waals surface area contributed by atoms with Gasteiger partial charge in [0.05, 0.1) is 6.10 Å². The molecule has 2 atom stereocenters. The molecule has 2 heteroatoms. The number of benzene rings is 3. The summed E-state index contributed by atoms with van der Waals surface area (Å²) in [5.74, 6) is 0.689. The molecule has 1 aliphatic heterocycles. The van der Waals surface area contributed by atoms with Crippen molar-refractivity contribution < 1.29 is 9.13 Å². The number of ether oxygens (including phenoxy) is 1. The highest BCUT2D eigenvalue weighted by atomic mass is 19.1. The Kier molecular flexibility index (Phi) is 6.18. The Morgan fingerprint density at radius 1 is 0.786 bits per heavy atom. The van der Waals surface area contributed by atoms with Gasteiger partial charge in [-0.1, -0.05) is 72.8 Å². The lowest BCUT2D eigenvalue weighted by Gasteiger charge is -2.35. The van der Waals surface area contributed by atoms with Crippen molar-refractivity contribution in [2.75, 3.05) is 6.61 Å². The average Bonchev–Trinajstić information content (AvgIpc) is 2.76. The normalized spacial score (nSPS) is 19.6. The second kappa shape index (κ2) is 9.16. The number of rotatable bonds is 6. The summed E-state index contributed by atoms with van der Waals surface area (Å²) >= 11 is 0. The van der Waals surface area contributed by atoms with E-state index in [0.29, 0.717) is 5.92 Å². The van der Waals surface area contributed by atoms with Gasteiger partial charge in [0.15, 0.2) is 0 Å². The second-order valence-corrected chi connectivity index (χ2v) is 7.78. The van der Waals surface area contributed by atoms with Gasteiger partial charge in [0.25, 0.3) is 0 Å². The first kappa shape index (κ1) is 18.9. The summed E-state index contributed by atoms with van der Waals surface area (Å²) in [5, 5.41) is 0. The highest BCUT2D eigenvalue weighted by Crippen LogP contribution is 2.36. The monoisotopic (exact) mass is 374 g/mol. The van der Waals surface area contributed by atoms with Gasteiger partial charge in [-0.15, -0.1) is 0 Å². The number of hydrogen-bond acceptors (Lipinski definition) is 1. The molecule has 1 aliphatic rings. The Labute approximate surface area is 167 Å². The zero-order valence-corrected chi connectivity index (χ0v) is 16.1. The van der Waals surface area contributed by atoms with Crippen molar-refractivity contribution in [3.05, 3.63) is 107 Å². The summed E-state index contributed by atoms with van der Waals surface area (Å²) in [6, 6.07) is 28.3. The number of aryl methyl sites for hydroxylation is 1. The Morgan fingerprint density at radius 2 is 1.39 bits per heavy atom. The Morgan fingerprint density at radius 3 is 1.93 bits per heavy atom. The molecule has 1 heterocycles. The maximum absolute atomic E-state index is 13.1. The minimum absolute atomic E-state index is 0.166. The van der Waals surface area contributed by atoms with Crippen LogP contribution in [0.1, 0.15) is 41.9 Å². The summed E-state index contributed by atoms with van der Waals surface area (Å²) in [4.78, 5) is 0. The quantitative estimate of drug-likeness (QED) is 0.486. The lowest BCUT2D eigenvalue weighted by atomic mass is 9.81. The van der Waals surface area contributed by atoms with Crippen LogP contribution < -0.4 is 0 Å². The minimum atomic E-state index is -0.166. The van der Waals surface area contributed by atoms with Crippen LogP contribution in [-0.2, 0) is 11.2 Å². The predicted molar refractivity (Wildman–Crippen MR) is 112 cm³/mol. The third-order valence-electron chi connectivity index (χ3n) is 5.85. The van der Waals surface area contributed by atoms with Gasteiger partial charge in [0.1, 0.15) is 5.82 Å². The molecule has 3 aromatic carbocycles. The fraction of sp³-hybridized carbons (Fsp3) is 0.308. The molecule has 3 aromatic rings. The van der Waals surface area contributed by atoms with E-state index in [0.717, 1.165) is 25.9 Å². The topological polar surface area (TPSA) is 9.23 Å². The first-order valence-electron chi connectivity index (χ1n) is 10.3. The van der Waals surface area contributed by atoms with Crippen LogP contribution in [0.25, 0.3) is 0 Å². The van der Waals surface area contributed by atoms with Gasteiger partial charge in [0.2, 0.25) is 0 Å². The lowest BCUT2D eigenvalue weighted by Crippen LogP contribution is -2.31. The number of halogens is 1. The van der Waals surface area contributed by atoms with Crippen LogP contribution in [0, 0.1) is 11.7 Å². The molecule has 0 saturated carbocycles. The summed E-state index contributed by atoms with van der Waals surface area (Å²) < 4.78 is 19.5.